The number of rotatable bonds is 8. The second kappa shape index (κ2) is 10.3. The number of anilines is 3. The van der Waals surface area contributed by atoms with Crippen LogP contribution in [0.25, 0.3) is 32.3 Å². The average Bonchev–Trinajstić information content (AvgIpc) is 3.55. The number of nitrogen functional groups attached to an aromatic ring is 1. The standard InChI is InChI=1S/C27H24N4O3S2/c1-32-21-13-19(14-22(33-2)23(21)34-3)29-27-31-25(28)24(36-27)26-30-20(15-35-26)18-11-9-17(10-12-18)16-7-5-4-6-8-16/h4-15H,28H2,1-3H3,(H,29,31). The van der Waals surface area contributed by atoms with Gasteiger partial charge in [0.05, 0.1) is 27.0 Å². The van der Waals surface area contributed by atoms with Crippen molar-refractivity contribution >= 4 is 39.3 Å². The van der Waals surface area contributed by atoms with Gasteiger partial charge in [-0.15, -0.1) is 11.3 Å². The highest BCUT2D eigenvalue weighted by Crippen LogP contribution is 2.43. The molecule has 0 spiro atoms. The van der Waals surface area contributed by atoms with Crippen LogP contribution in [0, 0.1) is 0 Å². The van der Waals surface area contributed by atoms with E-state index in [9.17, 15) is 0 Å². The minimum atomic E-state index is 0.426. The van der Waals surface area contributed by atoms with Crippen molar-refractivity contribution in [2.24, 2.45) is 0 Å². The summed E-state index contributed by atoms with van der Waals surface area (Å²) in [5, 5.41) is 6.79. The van der Waals surface area contributed by atoms with Crippen molar-refractivity contribution in [1.29, 1.82) is 0 Å². The average molecular weight is 517 g/mol. The fourth-order valence-electron chi connectivity index (χ4n) is 3.79. The Morgan fingerprint density at radius 3 is 2.06 bits per heavy atom. The van der Waals surface area contributed by atoms with Crippen LogP contribution in [0.5, 0.6) is 17.2 Å². The van der Waals surface area contributed by atoms with E-state index in [4.69, 9.17) is 24.9 Å². The normalized spacial score (nSPS) is 10.8. The summed E-state index contributed by atoms with van der Waals surface area (Å²) >= 11 is 2.98. The monoisotopic (exact) mass is 516 g/mol. The van der Waals surface area contributed by atoms with Crippen LogP contribution in [-0.4, -0.2) is 31.3 Å². The zero-order valence-corrected chi connectivity index (χ0v) is 21.6. The Bertz CT molecular complexity index is 1460. The van der Waals surface area contributed by atoms with Gasteiger partial charge in [-0.05, 0) is 11.1 Å². The Balaban J connectivity index is 1.37. The van der Waals surface area contributed by atoms with Gasteiger partial charge in [-0.3, -0.25) is 0 Å². The van der Waals surface area contributed by atoms with E-state index in [0.717, 1.165) is 26.8 Å². The summed E-state index contributed by atoms with van der Waals surface area (Å²) in [6.07, 6.45) is 0. The highest BCUT2D eigenvalue weighted by molar-refractivity contribution is 7.23. The van der Waals surface area contributed by atoms with Gasteiger partial charge >= 0.3 is 0 Å². The summed E-state index contributed by atoms with van der Waals surface area (Å²) in [7, 11) is 4.73. The Morgan fingerprint density at radius 2 is 1.42 bits per heavy atom. The van der Waals surface area contributed by atoms with E-state index < -0.39 is 0 Å². The van der Waals surface area contributed by atoms with Gasteiger partial charge in [0.2, 0.25) is 5.75 Å². The molecule has 3 N–H and O–H groups in total. The zero-order valence-electron chi connectivity index (χ0n) is 19.9. The predicted octanol–water partition coefficient (Wildman–Crippen LogP) is 6.95. The smallest absolute Gasteiger partial charge is 0.203 e. The second-order valence-electron chi connectivity index (χ2n) is 7.75. The van der Waals surface area contributed by atoms with E-state index in [2.05, 4.69) is 46.7 Å². The summed E-state index contributed by atoms with van der Waals surface area (Å²) in [5.74, 6) is 2.05. The van der Waals surface area contributed by atoms with E-state index in [1.54, 1.807) is 32.7 Å². The molecule has 0 amide bonds. The second-order valence-corrected chi connectivity index (χ2v) is 9.61. The molecule has 0 saturated heterocycles. The summed E-state index contributed by atoms with van der Waals surface area (Å²) in [5.41, 5.74) is 11.3. The van der Waals surface area contributed by atoms with Crippen LogP contribution < -0.4 is 25.3 Å². The topological polar surface area (TPSA) is 91.5 Å². The van der Waals surface area contributed by atoms with E-state index >= 15 is 0 Å². The molecule has 3 aromatic carbocycles. The van der Waals surface area contributed by atoms with Crippen molar-refractivity contribution in [2.45, 2.75) is 0 Å². The van der Waals surface area contributed by atoms with Gasteiger partial charge in [0, 0.05) is 28.8 Å². The minimum absolute atomic E-state index is 0.426. The van der Waals surface area contributed by atoms with Gasteiger partial charge in [0.1, 0.15) is 15.7 Å². The summed E-state index contributed by atoms with van der Waals surface area (Å²) in [6, 6.07) is 22.4. The molecule has 0 aliphatic carbocycles. The molecule has 0 saturated carbocycles. The lowest BCUT2D eigenvalue weighted by molar-refractivity contribution is 0.324. The van der Waals surface area contributed by atoms with E-state index in [-0.39, 0.29) is 0 Å². The Kier molecular flexibility index (Phi) is 6.75. The summed E-state index contributed by atoms with van der Waals surface area (Å²) < 4.78 is 16.3. The number of nitrogens with one attached hydrogen (secondary N) is 1. The van der Waals surface area contributed by atoms with Crippen molar-refractivity contribution in [3.8, 4) is 49.5 Å². The van der Waals surface area contributed by atoms with Crippen LogP contribution in [0.2, 0.25) is 0 Å². The number of hydrogen-bond acceptors (Lipinski definition) is 9. The first-order valence-electron chi connectivity index (χ1n) is 11.0. The van der Waals surface area contributed by atoms with Crippen molar-refractivity contribution in [1.82, 2.24) is 9.97 Å². The lowest BCUT2D eigenvalue weighted by Crippen LogP contribution is -1.97. The number of nitrogens with zero attached hydrogens (tertiary/aromatic N) is 2. The lowest BCUT2D eigenvalue weighted by atomic mass is 10.0. The van der Waals surface area contributed by atoms with Crippen molar-refractivity contribution in [2.75, 3.05) is 32.4 Å². The first-order valence-corrected chi connectivity index (χ1v) is 12.7. The van der Waals surface area contributed by atoms with Crippen LogP contribution in [0.3, 0.4) is 0 Å². The Labute approximate surface area is 217 Å². The van der Waals surface area contributed by atoms with Crippen LogP contribution in [0.15, 0.2) is 72.1 Å². The van der Waals surface area contributed by atoms with Crippen molar-refractivity contribution in [3.05, 3.63) is 72.1 Å². The molecule has 0 aliphatic rings. The number of hydrogen-bond donors (Lipinski definition) is 2. The van der Waals surface area contributed by atoms with Gasteiger partial charge in [-0.25, -0.2) is 9.97 Å². The van der Waals surface area contributed by atoms with Gasteiger partial charge in [-0.2, -0.15) is 0 Å². The van der Waals surface area contributed by atoms with Crippen molar-refractivity contribution < 1.29 is 14.2 Å². The van der Waals surface area contributed by atoms with Crippen molar-refractivity contribution in [3.63, 3.8) is 0 Å². The van der Waals surface area contributed by atoms with Crippen LogP contribution in [0.1, 0.15) is 0 Å². The highest BCUT2D eigenvalue weighted by Gasteiger charge is 2.17. The van der Waals surface area contributed by atoms with E-state index in [1.807, 2.05) is 35.7 Å². The quantitative estimate of drug-likeness (QED) is 0.230. The molecule has 2 aromatic heterocycles. The van der Waals surface area contributed by atoms with E-state index in [0.29, 0.717) is 28.2 Å². The number of ether oxygens (including phenoxy) is 3. The molecule has 5 rings (SSSR count). The predicted molar refractivity (Wildman–Crippen MR) is 148 cm³/mol. The molecular weight excluding hydrogens is 492 g/mol. The first kappa shape index (κ1) is 23.7. The molecule has 0 unspecified atom stereocenters. The molecule has 9 heteroatoms. The summed E-state index contributed by atoms with van der Waals surface area (Å²) in [4.78, 5) is 10.2. The van der Waals surface area contributed by atoms with Crippen LogP contribution in [-0.2, 0) is 0 Å². The highest BCUT2D eigenvalue weighted by atomic mass is 32.1. The lowest BCUT2D eigenvalue weighted by Gasteiger charge is -2.14. The first-order chi connectivity index (χ1) is 17.6. The fourth-order valence-corrected chi connectivity index (χ4v) is 5.62. The number of benzene rings is 3. The van der Waals surface area contributed by atoms with Crippen LogP contribution in [0.4, 0.5) is 16.6 Å². The number of nitrogens with two attached hydrogens (primary N) is 1. The molecule has 182 valence electrons. The van der Waals surface area contributed by atoms with E-state index in [1.165, 1.54) is 22.5 Å². The maximum absolute atomic E-state index is 6.27. The van der Waals surface area contributed by atoms with Gasteiger partial charge in [0.15, 0.2) is 16.6 Å². The molecule has 0 fully saturated rings. The SMILES string of the molecule is COc1cc(Nc2nc(N)c(-c3nc(-c4ccc(-c5ccccc5)cc4)cs3)s2)cc(OC)c1OC. The molecular formula is C27H24N4O3S2. The minimum Gasteiger partial charge on any atom is -0.493 e. The third kappa shape index (κ3) is 4.71. The Hall–Kier alpha value is -4.08. The third-order valence-electron chi connectivity index (χ3n) is 5.56. The molecule has 5 aromatic rings. The Morgan fingerprint density at radius 1 is 0.778 bits per heavy atom. The van der Waals surface area contributed by atoms with Crippen LogP contribution >= 0.6 is 22.7 Å². The van der Waals surface area contributed by atoms with Gasteiger partial charge in [0.25, 0.3) is 0 Å². The number of methoxy groups -OCH3 is 3. The molecule has 0 atom stereocenters. The number of thiazole rings is 2. The molecule has 2 heterocycles. The zero-order chi connectivity index (χ0) is 25.1. The molecule has 0 aliphatic heterocycles. The summed E-state index contributed by atoms with van der Waals surface area (Å²) in [6.45, 7) is 0. The third-order valence-corrected chi connectivity index (χ3v) is 7.54. The molecule has 0 radical (unpaired) electrons. The maximum Gasteiger partial charge on any atom is 0.203 e. The van der Waals surface area contributed by atoms with Gasteiger partial charge < -0.3 is 25.3 Å². The molecule has 7 nitrogen and oxygen atoms in total. The molecule has 0 bridgehead atoms. The largest absolute Gasteiger partial charge is 0.493 e. The van der Waals surface area contributed by atoms with Gasteiger partial charge in [-0.1, -0.05) is 65.9 Å². The maximum atomic E-state index is 6.27. The number of aromatic nitrogens is 2. The fraction of sp³-hybridized carbons (Fsp3) is 0.111. The molecule has 36 heavy (non-hydrogen) atoms.